The topological polar surface area (TPSA) is 70.2 Å². The summed E-state index contributed by atoms with van der Waals surface area (Å²) in [5.41, 5.74) is 1.74. The third kappa shape index (κ3) is 4.65. The summed E-state index contributed by atoms with van der Waals surface area (Å²) in [4.78, 5) is 23.1. The number of fused-ring (bicyclic) bond motifs is 1. The molecule has 5 rings (SSSR count). The predicted octanol–water partition coefficient (Wildman–Crippen LogP) is 5.28. The second-order valence-electron chi connectivity index (χ2n) is 9.12. The van der Waals surface area contributed by atoms with Gasteiger partial charge in [-0.3, -0.25) is 4.79 Å². The highest BCUT2D eigenvalue weighted by Gasteiger charge is 2.49. The van der Waals surface area contributed by atoms with Crippen LogP contribution >= 0.6 is 22.9 Å². The third-order valence-electron chi connectivity index (χ3n) is 6.61. The van der Waals surface area contributed by atoms with Gasteiger partial charge < -0.3 is 15.5 Å². The third-order valence-corrected chi connectivity index (χ3v) is 7.81. The number of nitrogens with zero attached hydrogens (tertiary/aromatic N) is 3. The van der Waals surface area contributed by atoms with Crippen molar-refractivity contribution in [2.24, 2.45) is 5.41 Å². The molecule has 1 spiro atoms. The van der Waals surface area contributed by atoms with Gasteiger partial charge in [-0.1, -0.05) is 0 Å². The van der Waals surface area contributed by atoms with Crippen LogP contribution in [0.25, 0.3) is 10.2 Å². The highest BCUT2D eigenvalue weighted by atomic mass is 35.5. The molecule has 2 fully saturated rings. The molecule has 3 heterocycles. The van der Waals surface area contributed by atoms with Crippen molar-refractivity contribution in [3.05, 3.63) is 46.1 Å². The molecule has 1 saturated carbocycles. The maximum Gasteiger partial charge on any atom is 0.393 e. The number of rotatable bonds is 5. The zero-order chi connectivity index (χ0) is 24.1. The van der Waals surface area contributed by atoms with Crippen molar-refractivity contribution in [2.45, 2.75) is 37.9 Å². The maximum absolute atomic E-state index is 12.9. The summed E-state index contributed by atoms with van der Waals surface area (Å²) >= 11 is 7.14. The lowest BCUT2D eigenvalue weighted by molar-refractivity contribution is -0.126. The number of aromatic nitrogens is 2. The molecular weight excluding hydrogens is 487 g/mol. The van der Waals surface area contributed by atoms with Crippen LogP contribution in [0.4, 0.5) is 24.7 Å². The molecule has 2 N–H and O–H groups in total. The Bertz CT molecular complexity index is 1220. The Kier molecular flexibility index (Phi) is 5.84. The van der Waals surface area contributed by atoms with Crippen LogP contribution in [0.5, 0.6) is 0 Å². The normalized spacial score (nSPS) is 22.3. The number of carbonyl (C=O) groups is 1. The quantitative estimate of drug-likeness (QED) is 0.458. The number of nitrogens with one attached hydrogen (secondary N) is 2. The van der Waals surface area contributed by atoms with Gasteiger partial charge in [0.25, 0.3) is 5.91 Å². The summed E-state index contributed by atoms with van der Waals surface area (Å²) in [7, 11) is 1.60. The van der Waals surface area contributed by atoms with E-state index in [1.165, 1.54) is 0 Å². The molecule has 0 unspecified atom stereocenters. The standard InChI is InChI=1S/C23H23ClF3N5OS/c1-28-19(33)13-2-4-14(5-3-13)29-15-9-22(10-15)6-7-32(12-22)18-17-8-16(11-23(25,26)27)34-20(17)31-21(24)30-18/h2-5,8,15,29H,6-7,9-12H2,1H3,(H,28,33). The first-order valence-corrected chi connectivity index (χ1v) is 12.2. The van der Waals surface area contributed by atoms with Crippen LogP contribution in [0.1, 0.15) is 34.5 Å². The molecule has 11 heteroatoms. The Hall–Kier alpha value is -2.59. The van der Waals surface area contributed by atoms with Gasteiger partial charge in [-0.2, -0.15) is 18.2 Å². The molecule has 180 valence electrons. The molecule has 34 heavy (non-hydrogen) atoms. The fraction of sp³-hybridized carbons (Fsp3) is 0.435. The van der Waals surface area contributed by atoms with E-state index in [1.54, 1.807) is 25.2 Å². The van der Waals surface area contributed by atoms with Gasteiger partial charge in [-0.15, -0.1) is 11.3 Å². The van der Waals surface area contributed by atoms with Crippen molar-refractivity contribution in [3.63, 3.8) is 0 Å². The van der Waals surface area contributed by atoms with E-state index in [2.05, 4.69) is 25.5 Å². The van der Waals surface area contributed by atoms with Crippen LogP contribution in [-0.2, 0) is 6.42 Å². The number of hydrogen-bond acceptors (Lipinski definition) is 6. The van der Waals surface area contributed by atoms with Crippen molar-refractivity contribution in [3.8, 4) is 0 Å². The fourth-order valence-electron chi connectivity index (χ4n) is 5.09. The predicted molar refractivity (Wildman–Crippen MR) is 128 cm³/mol. The van der Waals surface area contributed by atoms with Crippen molar-refractivity contribution >= 4 is 50.6 Å². The first kappa shape index (κ1) is 23.2. The lowest BCUT2D eigenvalue weighted by Crippen LogP contribution is -2.46. The van der Waals surface area contributed by atoms with Gasteiger partial charge >= 0.3 is 6.18 Å². The van der Waals surface area contributed by atoms with Crippen LogP contribution < -0.4 is 15.5 Å². The molecule has 0 radical (unpaired) electrons. The van der Waals surface area contributed by atoms with E-state index >= 15 is 0 Å². The monoisotopic (exact) mass is 509 g/mol. The molecule has 1 aromatic carbocycles. The number of hydrogen-bond donors (Lipinski definition) is 2. The van der Waals surface area contributed by atoms with Gasteiger partial charge in [0.15, 0.2) is 0 Å². The fourth-order valence-corrected chi connectivity index (χ4v) is 6.36. The van der Waals surface area contributed by atoms with Crippen LogP contribution in [0.2, 0.25) is 5.28 Å². The molecule has 0 atom stereocenters. The number of alkyl halides is 3. The molecule has 2 aliphatic rings. The SMILES string of the molecule is CNC(=O)c1ccc(NC2CC3(CCN(c4nc(Cl)nc5sc(CC(F)(F)F)cc45)C3)C2)cc1. The number of thiophene rings is 1. The highest BCUT2D eigenvalue weighted by molar-refractivity contribution is 7.18. The van der Waals surface area contributed by atoms with E-state index in [0.29, 0.717) is 27.6 Å². The van der Waals surface area contributed by atoms with E-state index in [1.807, 2.05) is 12.1 Å². The minimum Gasteiger partial charge on any atom is -0.382 e. The summed E-state index contributed by atoms with van der Waals surface area (Å²) in [6.07, 6.45) is -2.28. The minimum atomic E-state index is -4.27. The van der Waals surface area contributed by atoms with Gasteiger partial charge in [0.05, 0.1) is 11.8 Å². The number of amides is 1. The number of benzene rings is 1. The molecule has 3 aromatic rings. The lowest BCUT2D eigenvalue weighted by Gasteiger charge is -2.46. The largest absolute Gasteiger partial charge is 0.393 e. The lowest BCUT2D eigenvalue weighted by atomic mass is 9.65. The van der Waals surface area contributed by atoms with Crippen molar-refractivity contribution in [2.75, 3.05) is 30.4 Å². The van der Waals surface area contributed by atoms with Crippen molar-refractivity contribution in [1.82, 2.24) is 15.3 Å². The molecule has 1 saturated heterocycles. The molecule has 0 bridgehead atoms. The van der Waals surface area contributed by atoms with Gasteiger partial charge in [0, 0.05) is 42.3 Å². The molecule has 1 amide bonds. The Morgan fingerprint density at radius 3 is 2.68 bits per heavy atom. The number of anilines is 2. The molecule has 1 aliphatic heterocycles. The summed E-state index contributed by atoms with van der Waals surface area (Å²) in [6.45, 7) is 1.56. The Morgan fingerprint density at radius 1 is 1.26 bits per heavy atom. The molecule has 6 nitrogen and oxygen atoms in total. The number of halogens is 4. The smallest absolute Gasteiger partial charge is 0.382 e. The van der Waals surface area contributed by atoms with Crippen LogP contribution in [0.15, 0.2) is 30.3 Å². The van der Waals surface area contributed by atoms with Gasteiger partial charge in [-0.25, -0.2) is 4.98 Å². The molecule has 1 aliphatic carbocycles. The van der Waals surface area contributed by atoms with Gasteiger partial charge in [-0.05, 0) is 66.6 Å². The Labute approximate surface area is 203 Å². The van der Waals surface area contributed by atoms with E-state index in [9.17, 15) is 18.0 Å². The van der Waals surface area contributed by atoms with E-state index in [4.69, 9.17) is 11.6 Å². The first-order chi connectivity index (χ1) is 16.1. The average Bonchev–Trinajstić information content (AvgIpc) is 3.36. The van der Waals surface area contributed by atoms with Crippen molar-refractivity contribution in [1.29, 1.82) is 0 Å². The average molecular weight is 510 g/mol. The zero-order valence-electron chi connectivity index (χ0n) is 18.4. The Balaban J connectivity index is 1.25. The summed E-state index contributed by atoms with van der Waals surface area (Å²) in [6, 6.07) is 9.30. The first-order valence-electron chi connectivity index (χ1n) is 11.0. The summed E-state index contributed by atoms with van der Waals surface area (Å²) in [5.74, 6) is 0.507. The van der Waals surface area contributed by atoms with Gasteiger partial charge in [0.1, 0.15) is 10.6 Å². The highest BCUT2D eigenvalue weighted by Crippen LogP contribution is 2.50. The molecule has 2 aromatic heterocycles. The van der Waals surface area contributed by atoms with Crippen LogP contribution in [-0.4, -0.2) is 48.2 Å². The van der Waals surface area contributed by atoms with Crippen LogP contribution in [0.3, 0.4) is 0 Å². The maximum atomic E-state index is 12.9. The second-order valence-corrected chi connectivity index (χ2v) is 10.6. The summed E-state index contributed by atoms with van der Waals surface area (Å²) in [5, 5.41) is 6.83. The minimum absolute atomic E-state index is 0.0530. The van der Waals surface area contributed by atoms with E-state index < -0.39 is 12.6 Å². The van der Waals surface area contributed by atoms with Crippen LogP contribution in [0, 0.1) is 5.41 Å². The second kappa shape index (κ2) is 8.57. The van der Waals surface area contributed by atoms with Crippen molar-refractivity contribution < 1.29 is 18.0 Å². The van der Waals surface area contributed by atoms with E-state index in [-0.39, 0.29) is 21.5 Å². The Morgan fingerprint density at radius 2 is 2.00 bits per heavy atom. The van der Waals surface area contributed by atoms with E-state index in [0.717, 1.165) is 49.4 Å². The number of carbonyl (C=O) groups excluding carboxylic acids is 1. The molecular formula is C23H23ClF3N5OS. The zero-order valence-corrected chi connectivity index (χ0v) is 19.9. The van der Waals surface area contributed by atoms with Gasteiger partial charge in [0.2, 0.25) is 5.28 Å². The summed E-state index contributed by atoms with van der Waals surface area (Å²) < 4.78 is 38.6.